The van der Waals surface area contributed by atoms with Crippen LogP contribution >= 0.6 is 11.3 Å². The average Bonchev–Trinajstić information content (AvgIpc) is 2.98. The molecular weight excluding hydrogens is 250 g/mol. The van der Waals surface area contributed by atoms with Gasteiger partial charge in [-0.15, -0.1) is 0 Å². The van der Waals surface area contributed by atoms with Crippen LogP contribution in [0.1, 0.15) is 10.5 Å². The summed E-state index contributed by atoms with van der Waals surface area (Å²) in [6.07, 6.45) is 0.765. The zero-order valence-corrected chi connectivity index (χ0v) is 10.3. The van der Waals surface area contributed by atoms with Crippen molar-refractivity contribution < 1.29 is 9.53 Å². The number of benzene rings is 1. The third-order valence-corrected chi connectivity index (χ3v) is 3.33. The van der Waals surface area contributed by atoms with Crippen molar-refractivity contribution in [3.8, 4) is 17.0 Å². The summed E-state index contributed by atoms with van der Waals surface area (Å²) >= 11 is 1.39. The van der Waals surface area contributed by atoms with E-state index < -0.39 is 0 Å². The highest BCUT2D eigenvalue weighted by Gasteiger charge is 2.17. The van der Waals surface area contributed by atoms with E-state index in [1.165, 1.54) is 11.3 Å². The summed E-state index contributed by atoms with van der Waals surface area (Å²) < 4.78 is 6.83. The number of aldehydes is 1. The summed E-state index contributed by atoms with van der Waals surface area (Å²) in [6, 6.07) is 7.47. The summed E-state index contributed by atoms with van der Waals surface area (Å²) in [4.78, 5) is 16.4. The van der Waals surface area contributed by atoms with Gasteiger partial charge in [-0.3, -0.25) is 4.79 Å². The normalized spacial score (nSPS) is 10.7. The van der Waals surface area contributed by atoms with E-state index in [0.717, 1.165) is 11.8 Å². The molecule has 3 rings (SSSR count). The van der Waals surface area contributed by atoms with Gasteiger partial charge in [0.1, 0.15) is 22.6 Å². The molecule has 3 aromatic rings. The highest BCUT2D eigenvalue weighted by atomic mass is 32.1. The molecule has 18 heavy (non-hydrogen) atoms. The molecule has 0 N–H and O–H groups in total. The van der Waals surface area contributed by atoms with Crippen molar-refractivity contribution >= 4 is 22.6 Å². The lowest BCUT2D eigenvalue weighted by Gasteiger charge is -2.05. The van der Waals surface area contributed by atoms with Crippen molar-refractivity contribution in [1.29, 1.82) is 0 Å². The zero-order valence-electron chi connectivity index (χ0n) is 9.53. The molecule has 2 aromatic heterocycles. The minimum absolute atomic E-state index is 0.441. The van der Waals surface area contributed by atoms with Crippen LogP contribution in [0.2, 0.25) is 0 Å². The molecule has 0 aliphatic heterocycles. The molecule has 0 aliphatic rings. The molecule has 0 saturated heterocycles. The van der Waals surface area contributed by atoms with E-state index >= 15 is 0 Å². The number of para-hydroxylation sites is 1. The molecule has 90 valence electrons. The first kappa shape index (κ1) is 10.9. The lowest BCUT2D eigenvalue weighted by molar-refractivity contribution is 0.111. The minimum Gasteiger partial charge on any atom is -0.496 e. The predicted molar refractivity (Wildman–Crippen MR) is 68.2 cm³/mol. The average molecular weight is 259 g/mol. The molecule has 0 amide bonds. The van der Waals surface area contributed by atoms with Crippen LogP contribution in [0.4, 0.5) is 0 Å². The first-order chi connectivity index (χ1) is 8.85. The number of methoxy groups -OCH3 is 1. The van der Waals surface area contributed by atoms with Gasteiger partial charge in [0.2, 0.25) is 4.96 Å². The Kier molecular flexibility index (Phi) is 2.56. The SMILES string of the molecule is COc1ccccc1-c1nc2scnn2c1C=O. The Labute approximate surface area is 107 Å². The van der Waals surface area contributed by atoms with Crippen LogP contribution in [0.3, 0.4) is 0 Å². The summed E-state index contributed by atoms with van der Waals surface area (Å²) in [6.45, 7) is 0. The number of hydrogen-bond acceptors (Lipinski definition) is 5. The van der Waals surface area contributed by atoms with Gasteiger partial charge in [0.05, 0.1) is 7.11 Å². The molecule has 0 unspecified atom stereocenters. The fraction of sp³-hybridized carbons (Fsp3) is 0.0833. The maximum Gasteiger partial charge on any atom is 0.213 e. The zero-order chi connectivity index (χ0) is 12.5. The van der Waals surface area contributed by atoms with Crippen molar-refractivity contribution in [1.82, 2.24) is 14.6 Å². The van der Waals surface area contributed by atoms with Gasteiger partial charge in [-0.1, -0.05) is 23.5 Å². The molecule has 0 saturated carbocycles. The van der Waals surface area contributed by atoms with E-state index in [1.807, 2.05) is 24.3 Å². The second-order valence-corrected chi connectivity index (χ2v) is 4.41. The Bertz CT molecular complexity index is 717. The van der Waals surface area contributed by atoms with Crippen LogP contribution in [-0.4, -0.2) is 28.0 Å². The first-order valence-corrected chi connectivity index (χ1v) is 6.14. The van der Waals surface area contributed by atoms with Crippen LogP contribution < -0.4 is 4.74 Å². The standard InChI is InChI=1S/C12H9N3O2S/c1-17-10-5-3-2-4-8(10)11-9(6-16)15-12(14-11)18-7-13-15/h2-7H,1H3. The topological polar surface area (TPSA) is 56.5 Å². The number of fused-ring (bicyclic) bond motifs is 1. The Hall–Kier alpha value is -2.21. The van der Waals surface area contributed by atoms with Crippen molar-refractivity contribution in [3.63, 3.8) is 0 Å². The second kappa shape index (κ2) is 4.23. The second-order valence-electron chi connectivity index (χ2n) is 3.60. The lowest BCUT2D eigenvalue weighted by Crippen LogP contribution is -1.94. The number of rotatable bonds is 3. The van der Waals surface area contributed by atoms with Crippen LogP contribution in [0, 0.1) is 0 Å². The molecule has 0 atom stereocenters. The molecule has 2 heterocycles. The predicted octanol–water partition coefficient (Wildman–Crippen LogP) is 2.28. The molecule has 0 aliphatic carbocycles. The molecule has 0 spiro atoms. The molecule has 0 radical (unpaired) electrons. The molecule has 0 bridgehead atoms. The van der Waals surface area contributed by atoms with Gasteiger partial charge in [-0.25, -0.2) is 4.98 Å². The van der Waals surface area contributed by atoms with Crippen LogP contribution in [0.25, 0.3) is 16.2 Å². The van der Waals surface area contributed by atoms with Crippen LogP contribution in [0.15, 0.2) is 29.8 Å². The van der Waals surface area contributed by atoms with Crippen molar-refractivity contribution in [2.75, 3.05) is 7.11 Å². The highest BCUT2D eigenvalue weighted by Crippen LogP contribution is 2.31. The Morgan fingerprint density at radius 1 is 1.39 bits per heavy atom. The van der Waals surface area contributed by atoms with E-state index in [4.69, 9.17) is 4.74 Å². The quantitative estimate of drug-likeness (QED) is 0.677. The largest absolute Gasteiger partial charge is 0.496 e. The van der Waals surface area contributed by atoms with Crippen molar-refractivity contribution in [2.45, 2.75) is 0 Å². The van der Waals surface area contributed by atoms with E-state index in [0.29, 0.717) is 22.1 Å². The van der Waals surface area contributed by atoms with Crippen LogP contribution in [-0.2, 0) is 0 Å². The summed E-state index contributed by atoms with van der Waals surface area (Å²) in [7, 11) is 1.59. The maximum absolute atomic E-state index is 11.2. The molecular formula is C12H9N3O2S. The van der Waals surface area contributed by atoms with Crippen molar-refractivity contribution in [2.24, 2.45) is 0 Å². The summed E-state index contributed by atoms with van der Waals surface area (Å²) in [5.74, 6) is 0.686. The third kappa shape index (κ3) is 1.50. The highest BCUT2D eigenvalue weighted by molar-refractivity contribution is 7.14. The molecule has 5 nitrogen and oxygen atoms in total. The fourth-order valence-electron chi connectivity index (χ4n) is 1.85. The Balaban J connectivity index is 2.30. The van der Waals surface area contributed by atoms with Gasteiger partial charge >= 0.3 is 0 Å². The van der Waals surface area contributed by atoms with Gasteiger partial charge in [0, 0.05) is 5.56 Å². The maximum atomic E-state index is 11.2. The van der Waals surface area contributed by atoms with E-state index in [-0.39, 0.29) is 0 Å². The number of aromatic nitrogens is 3. The minimum atomic E-state index is 0.441. The van der Waals surface area contributed by atoms with E-state index in [2.05, 4.69) is 10.1 Å². The van der Waals surface area contributed by atoms with Gasteiger partial charge in [0.15, 0.2) is 6.29 Å². The van der Waals surface area contributed by atoms with Crippen molar-refractivity contribution in [3.05, 3.63) is 35.5 Å². The fourth-order valence-corrected chi connectivity index (χ4v) is 2.48. The van der Waals surface area contributed by atoms with Gasteiger partial charge in [0.25, 0.3) is 0 Å². The number of hydrogen-bond donors (Lipinski definition) is 0. The number of ether oxygens (including phenoxy) is 1. The van der Waals surface area contributed by atoms with E-state index in [9.17, 15) is 4.79 Å². The number of carbonyl (C=O) groups is 1. The molecule has 6 heteroatoms. The van der Waals surface area contributed by atoms with E-state index in [1.54, 1.807) is 17.1 Å². The molecule has 0 fully saturated rings. The summed E-state index contributed by atoms with van der Waals surface area (Å²) in [5.41, 5.74) is 3.48. The number of nitrogens with zero attached hydrogens (tertiary/aromatic N) is 3. The smallest absolute Gasteiger partial charge is 0.213 e. The van der Waals surface area contributed by atoms with Gasteiger partial charge in [-0.2, -0.15) is 9.61 Å². The third-order valence-electron chi connectivity index (χ3n) is 2.65. The Morgan fingerprint density at radius 2 is 2.22 bits per heavy atom. The van der Waals surface area contributed by atoms with Gasteiger partial charge in [-0.05, 0) is 12.1 Å². The lowest BCUT2D eigenvalue weighted by atomic mass is 10.1. The summed E-state index contributed by atoms with van der Waals surface area (Å²) in [5, 5.41) is 4.09. The number of carbonyl (C=O) groups excluding carboxylic acids is 1. The van der Waals surface area contributed by atoms with Crippen LogP contribution in [0.5, 0.6) is 5.75 Å². The molecule has 1 aromatic carbocycles. The first-order valence-electron chi connectivity index (χ1n) is 5.26. The monoisotopic (exact) mass is 259 g/mol. The van der Waals surface area contributed by atoms with Gasteiger partial charge < -0.3 is 4.74 Å². The number of imidazole rings is 1. The Morgan fingerprint density at radius 3 is 3.00 bits per heavy atom.